The zero-order valence-electron chi connectivity index (χ0n) is 24.6. The summed E-state index contributed by atoms with van der Waals surface area (Å²) in [5.74, 6) is 0.752. The number of halogens is 1. The van der Waals surface area contributed by atoms with E-state index in [-0.39, 0.29) is 30.7 Å². The number of nitrogens with zero attached hydrogens (tertiary/aromatic N) is 2. The summed E-state index contributed by atoms with van der Waals surface area (Å²) in [4.78, 5) is 54.6. The second-order valence-electron chi connectivity index (χ2n) is 11.3. The van der Waals surface area contributed by atoms with Gasteiger partial charge in [0.25, 0.3) is 0 Å². The van der Waals surface area contributed by atoms with Crippen molar-refractivity contribution in [1.82, 2.24) is 19.8 Å². The number of fused-ring (bicyclic) bond motifs is 1. The lowest BCUT2D eigenvalue weighted by atomic mass is 9.86. The van der Waals surface area contributed by atoms with Crippen LogP contribution in [0.1, 0.15) is 62.5 Å². The van der Waals surface area contributed by atoms with Crippen molar-refractivity contribution in [2.24, 2.45) is 5.92 Å². The summed E-state index contributed by atoms with van der Waals surface area (Å²) in [6.45, 7) is 1.66. The first-order valence-corrected chi connectivity index (χ1v) is 16.2. The predicted octanol–water partition coefficient (Wildman–Crippen LogP) is 5.35. The van der Waals surface area contributed by atoms with E-state index in [0.717, 1.165) is 54.5 Å². The molecule has 1 aliphatic heterocycles. The summed E-state index contributed by atoms with van der Waals surface area (Å²) >= 11 is 7.16. The third-order valence-electron chi connectivity index (χ3n) is 7.97. The molecule has 2 aliphatic rings. The number of aldehydes is 1. The Morgan fingerprint density at radius 2 is 1.93 bits per heavy atom. The fourth-order valence-corrected chi connectivity index (χ4v) is 6.70. The number of para-hydroxylation sites is 1. The molecule has 0 spiro atoms. The lowest BCUT2D eigenvalue weighted by Gasteiger charge is -2.27. The molecule has 2 N–H and O–H groups in total. The maximum Gasteiger partial charge on any atom is 0.327 e. The molecular weight excluding hydrogens is 588 g/mol. The normalized spacial score (nSPS) is 16.6. The van der Waals surface area contributed by atoms with Gasteiger partial charge in [-0.2, -0.15) is 0 Å². The Bertz CT molecular complexity index is 1260. The highest BCUT2D eigenvalue weighted by molar-refractivity contribution is 7.99. The van der Waals surface area contributed by atoms with Gasteiger partial charge in [-0.05, 0) is 54.5 Å². The van der Waals surface area contributed by atoms with Crippen molar-refractivity contribution >= 4 is 47.7 Å². The standard InChI is InChI=1S/C32H41ClN4O5S/c1-36(20-24-10-7-12-26(33)18-24)32(41)35-43-29(19-23-8-3-2-4-9-23)31(40)34-27(22-38)14-15-30(39)37-16-17-42-28-13-6-5-11-25(28)21-37/h5-7,10-13,18,22-23,27,29H,2-4,8-9,14-17,19-21H2,1H3,(H,34,40)(H,35,41)/t27-,29-/m0/s1. The predicted molar refractivity (Wildman–Crippen MR) is 169 cm³/mol. The fraction of sp³-hybridized carbons (Fsp3) is 0.500. The van der Waals surface area contributed by atoms with Gasteiger partial charge < -0.3 is 24.6 Å². The van der Waals surface area contributed by atoms with E-state index in [1.165, 1.54) is 11.3 Å². The second kappa shape index (κ2) is 16.6. The van der Waals surface area contributed by atoms with Crippen LogP contribution in [0.2, 0.25) is 5.02 Å². The van der Waals surface area contributed by atoms with Gasteiger partial charge in [-0.1, -0.05) is 74.0 Å². The second-order valence-corrected chi connectivity index (χ2v) is 12.7. The van der Waals surface area contributed by atoms with Crippen LogP contribution in [0.3, 0.4) is 0 Å². The number of hydrogen-bond donors (Lipinski definition) is 2. The Kier molecular flexibility index (Phi) is 12.6. The number of urea groups is 1. The molecule has 1 fully saturated rings. The zero-order valence-corrected chi connectivity index (χ0v) is 26.2. The van der Waals surface area contributed by atoms with Gasteiger partial charge in [0.1, 0.15) is 23.9 Å². The smallest absolute Gasteiger partial charge is 0.327 e. The van der Waals surface area contributed by atoms with Crippen molar-refractivity contribution in [3.8, 4) is 5.75 Å². The molecule has 0 bridgehead atoms. The Hall–Kier alpha value is -3.24. The van der Waals surface area contributed by atoms with E-state index in [4.69, 9.17) is 16.3 Å². The van der Waals surface area contributed by atoms with Gasteiger partial charge in [0, 0.05) is 37.1 Å². The van der Waals surface area contributed by atoms with Crippen molar-refractivity contribution < 1.29 is 23.9 Å². The van der Waals surface area contributed by atoms with Gasteiger partial charge in [0.05, 0.1) is 12.6 Å². The highest BCUT2D eigenvalue weighted by atomic mass is 35.5. The van der Waals surface area contributed by atoms with Crippen LogP contribution in [0.25, 0.3) is 0 Å². The summed E-state index contributed by atoms with van der Waals surface area (Å²) in [7, 11) is 1.68. The molecule has 1 saturated carbocycles. The molecule has 2 aromatic carbocycles. The van der Waals surface area contributed by atoms with E-state index in [9.17, 15) is 19.2 Å². The fourth-order valence-electron chi connectivity index (χ4n) is 5.54. The molecule has 1 heterocycles. The van der Waals surface area contributed by atoms with Crippen molar-refractivity contribution in [2.45, 2.75) is 75.7 Å². The average Bonchev–Trinajstić information content (AvgIpc) is 3.24. The quantitative estimate of drug-likeness (QED) is 0.242. The minimum absolute atomic E-state index is 0.0930. The first-order valence-electron chi connectivity index (χ1n) is 15.0. The van der Waals surface area contributed by atoms with Crippen LogP contribution in [-0.2, 0) is 27.5 Å². The minimum atomic E-state index is -0.803. The van der Waals surface area contributed by atoms with E-state index in [1.807, 2.05) is 42.5 Å². The molecule has 1 aliphatic carbocycles. The topological polar surface area (TPSA) is 108 Å². The Morgan fingerprint density at radius 1 is 1.14 bits per heavy atom. The number of benzene rings is 2. The van der Waals surface area contributed by atoms with Crippen LogP contribution >= 0.6 is 23.5 Å². The summed E-state index contributed by atoms with van der Waals surface area (Å²) < 4.78 is 8.59. The summed E-state index contributed by atoms with van der Waals surface area (Å²) in [5, 5.41) is 2.87. The molecule has 43 heavy (non-hydrogen) atoms. The molecule has 2 atom stereocenters. The molecule has 2 aromatic rings. The largest absolute Gasteiger partial charge is 0.491 e. The van der Waals surface area contributed by atoms with Crippen molar-refractivity contribution in [3.63, 3.8) is 0 Å². The lowest BCUT2D eigenvalue weighted by molar-refractivity contribution is -0.132. The minimum Gasteiger partial charge on any atom is -0.491 e. The highest BCUT2D eigenvalue weighted by Crippen LogP contribution is 2.30. The third-order valence-corrected chi connectivity index (χ3v) is 9.19. The number of carbonyl (C=O) groups excluding carboxylic acids is 4. The Labute approximate surface area is 263 Å². The van der Waals surface area contributed by atoms with Gasteiger partial charge in [-0.3, -0.25) is 14.3 Å². The van der Waals surface area contributed by atoms with Gasteiger partial charge in [0.15, 0.2) is 0 Å². The number of carbonyl (C=O) groups is 4. The van der Waals surface area contributed by atoms with Gasteiger partial charge >= 0.3 is 6.03 Å². The number of amides is 4. The first-order chi connectivity index (χ1) is 20.8. The molecule has 11 heteroatoms. The van der Waals surface area contributed by atoms with E-state index < -0.39 is 11.3 Å². The van der Waals surface area contributed by atoms with Crippen LogP contribution in [0.15, 0.2) is 48.5 Å². The summed E-state index contributed by atoms with van der Waals surface area (Å²) in [5.41, 5.74) is 1.84. The molecule has 9 nitrogen and oxygen atoms in total. The van der Waals surface area contributed by atoms with Crippen LogP contribution in [0.5, 0.6) is 5.75 Å². The van der Waals surface area contributed by atoms with Crippen LogP contribution in [-0.4, -0.2) is 65.4 Å². The van der Waals surface area contributed by atoms with Gasteiger partial charge in [0.2, 0.25) is 11.8 Å². The van der Waals surface area contributed by atoms with E-state index in [0.29, 0.717) is 49.9 Å². The maximum atomic E-state index is 13.4. The summed E-state index contributed by atoms with van der Waals surface area (Å²) in [6, 6.07) is 13.8. The van der Waals surface area contributed by atoms with E-state index in [1.54, 1.807) is 18.0 Å². The molecule has 4 rings (SSSR count). The van der Waals surface area contributed by atoms with Gasteiger partial charge in [-0.25, -0.2) is 4.79 Å². The molecule has 4 amide bonds. The molecule has 0 unspecified atom stereocenters. The molecular formula is C32H41ClN4O5S. The SMILES string of the molecule is CN(Cc1cccc(Cl)c1)C(=O)NS[C@@H](CC1CCCCC1)C(=O)N[C@H](C=O)CCC(=O)N1CCOc2ccccc2C1. The van der Waals surface area contributed by atoms with E-state index >= 15 is 0 Å². The number of ether oxygens (including phenoxy) is 1. The Balaban J connectivity index is 1.31. The van der Waals surface area contributed by atoms with Crippen LogP contribution in [0.4, 0.5) is 4.79 Å². The van der Waals surface area contributed by atoms with Crippen LogP contribution in [0, 0.1) is 5.92 Å². The highest BCUT2D eigenvalue weighted by Gasteiger charge is 2.28. The lowest BCUT2D eigenvalue weighted by Crippen LogP contribution is -2.44. The molecule has 0 radical (unpaired) electrons. The van der Waals surface area contributed by atoms with Gasteiger partial charge in [-0.15, -0.1) is 0 Å². The molecule has 0 aromatic heterocycles. The van der Waals surface area contributed by atoms with Crippen LogP contribution < -0.4 is 14.8 Å². The number of rotatable bonds is 12. The monoisotopic (exact) mass is 628 g/mol. The third kappa shape index (κ3) is 10.2. The molecule has 232 valence electrons. The van der Waals surface area contributed by atoms with E-state index in [2.05, 4.69) is 10.0 Å². The first kappa shape index (κ1) is 32.7. The van der Waals surface area contributed by atoms with Crippen molar-refractivity contribution in [3.05, 3.63) is 64.7 Å². The number of nitrogens with one attached hydrogen (secondary N) is 2. The molecule has 0 saturated heterocycles. The van der Waals surface area contributed by atoms with Crippen molar-refractivity contribution in [1.29, 1.82) is 0 Å². The maximum absolute atomic E-state index is 13.4. The average molecular weight is 629 g/mol. The number of hydrogen-bond acceptors (Lipinski definition) is 6. The zero-order chi connectivity index (χ0) is 30.6. The summed E-state index contributed by atoms with van der Waals surface area (Å²) in [6.07, 6.45) is 7.15. The van der Waals surface area contributed by atoms with Crippen molar-refractivity contribution in [2.75, 3.05) is 20.2 Å². The Morgan fingerprint density at radius 3 is 2.70 bits per heavy atom.